The molecule has 0 amide bonds. The molecule has 0 aliphatic carbocycles. The van der Waals surface area contributed by atoms with Crippen molar-refractivity contribution in [3.8, 4) is 5.75 Å². The fraction of sp³-hybridized carbons (Fsp3) is 0.0769. The van der Waals surface area contributed by atoms with Crippen molar-refractivity contribution in [1.82, 2.24) is 14.4 Å². The van der Waals surface area contributed by atoms with Crippen LogP contribution in [-0.4, -0.2) is 21.5 Å². The van der Waals surface area contributed by atoms with Crippen LogP contribution in [-0.2, 0) is 0 Å². The molecule has 3 aromatic rings. The molecule has 0 atom stereocenters. The number of nitrogens with one attached hydrogen (secondary N) is 2. The summed E-state index contributed by atoms with van der Waals surface area (Å²) in [5.74, 6) is 6.07. The van der Waals surface area contributed by atoms with Gasteiger partial charge in [0.05, 0.1) is 13.3 Å². The van der Waals surface area contributed by atoms with Gasteiger partial charge in [0.25, 0.3) is 0 Å². The van der Waals surface area contributed by atoms with Crippen LogP contribution in [0, 0.1) is 5.82 Å². The first-order chi connectivity index (χ1) is 10.2. The van der Waals surface area contributed by atoms with Crippen molar-refractivity contribution >= 4 is 23.0 Å². The standard InChI is InChI=1S/C13H13FN6O/c1-21-10-6-8(2-3-9(10)14)17-12-13-16-4-5-20(13)7-11(18-12)19-15/h2-7,19H,15H2,1H3,(H,17,18). The molecule has 21 heavy (non-hydrogen) atoms. The zero-order chi connectivity index (χ0) is 14.8. The number of rotatable bonds is 4. The minimum Gasteiger partial charge on any atom is -0.494 e. The summed E-state index contributed by atoms with van der Waals surface area (Å²) in [7, 11) is 1.41. The molecule has 2 aromatic heterocycles. The first-order valence-electron chi connectivity index (χ1n) is 6.12. The van der Waals surface area contributed by atoms with Crippen molar-refractivity contribution in [3.63, 3.8) is 0 Å². The number of benzene rings is 1. The SMILES string of the molecule is COc1cc(Nc2nc(NN)cn3ccnc23)ccc1F. The van der Waals surface area contributed by atoms with E-state index >= 15 is 0 Å². The summed E-state index contributed by atoms with van der Waals surface area (Å²) in [5.41, 5.74) is 3.73. The lowest BCUT2D eigenvalue weighted by atomic mass is 10.3. The highest BCUT2D eigenvalue weighted by Crippen LogP contribution is 2.25. The monoisotopic (exact) mass is 288 g/mol. The van der Waals surface area contributed by atoms with Gasteiger partial charge in [-0.1, -0.05) is 0 Å². The van der Waals surface area contributed by atoms with Gasteiger partial charge in [0.2, 0.25) is 0 Å². The molecule has 0 bridgehead atoms. The van der Waals surface area contributed by atoms with Crippen molar-refractivity contribution in [1.29, 1.82) is 0 Å². The normalized spacial score (nSPS) is 10.6. The van der Waals surface area contributed by atoms with Gasteiger partial charge in [0.15, 0.2) is 28.8 Å². The largest absolute Gasteiger partial charge is 0.494 e. The summed E-state index contributed by atoms with van der Waals surface area (Å²) >= 11 is 0. The summed E-state index contributed by atoms with van der Waals surface area (Å²) < 4.78 is 20.1. The molecule has 0 unspecified atom stereocenters. The van der Waals surface area contributed by atoms with Crippen molar-refractivity contribution in [3.05, 3.63) is 42.6 Å². The highest BCUT2D eigenvalue weighted by molar-refractivity contribution is 5.72. The summed E-state index contributed by atoms with van der Waals surface area (Å²) in [5, 5.41) is 3.07. The van der Waals surface area contributed by atoms with Gasteiger partial charge >= 0.3 is 0 Å². The van der Waals surface area contributed by atoms with E-state index in [4.69, 9.17) is 10.6 Å². The molecule has 0 radical (unpaired) electrons. The quantitative estimate of drug-likeness (QED) is 0.502. The molecule has 0 spiro atoms. The van der Waals surface area contributed by atoms with E-state index in [1.54, 1.807) is 35.1 Å². The van der Waals surface area contributed by atoms with Gasteiger partial charge in [-0.2, -0.15) is 0 Å². The topological polar surface area (TPSA) is 89.5 Å². The van der Waals surface area contributed by atoms with Crippen LogP contribution in [0.15, 0.2) is 36.8 Å². The Labute approximate surface area is 119 Å². The van der Waals surface area contributed by atoms with Gasteiger partial charge in [0.1, 0.15) is 0 Å². The number of methoxy groups -OCH3 is 1. The maximum Gasteiger partial charge on any atom is 0.180 e. The van der Waals surface area contributed by atoms with Crippen LogP contribution in [0.2, 0.25) is 0 Å². The van der Waals surface area contributed by atoms with E-state index in [-0.39, 0.29) is 5.75 Å². The average Bonchev–Trinajstić information content (AvgIpc) is 2.97. The Morgan fingerprint density at radius 1 is 1.38 bits per heavy atom. The van der Waals surface area contributed by atoms with Crippen LogP contribution in [0.4, 0.5) is 21.7 Å². The maximum absolute atomic E-state index is 13.4. The van der Waals surface area contributed by atoms with Gasteiger partial charge in [-0.15, -0.1) is 0 Å². The lowest BCUT2D eigenvalue weighted by Gasteiger charge is -2.10. The van der Waals surface area contributed by atoms with Crippen LogP contribution in [0.1, 0.15) is 0 Å². The molecule has 8 heteroatoms. The first-order valence-corrected chi connectivity index (χ1v) is 6.12. The maximum atomic E-state index is 13.4. The predicted molar refractivity (Wildman–Crippen MR) is 77.0 cm³/mol. The zero-order valence-corrected chi connectivity index (χ0v) is 11.2. The van der Waals surface area contributed by atoms with Crippen LogP contribution in [0.25, 0.3) is 5.65 Å². The summed E-state index contributed by atoms with van der Waals surface area (Å²) in [6.45, 7) is 0. The van der Waals surface area contributed by atoms with Crippen molar-refractivity contribution in [2.45, 2.75) is 0 Å². The number of hydrogen-bond donors (Lipinski definition) is 3. The Morgan fingerprint density at radius 3 is 3.00 bits per heavy atom. The van der Waals surface area contributed by atoms with Gasteiger partial charge in [-0.05, 0) is 12.1 Å². The van der Waals surface area contributed by atoms with Gasteiger partial charge in [-0.3, -0.25) is 0 Å². The number of nitrogens with two attached hydrogens (primary N) is 1. The Hall–Kier alpha value is -2.87. The number of nitrogens with zero attached hydrogens (tertiary/aromatic N) is 3. The van der Waals surface area contributed by atoms with Crippen LogP contribution < -0.4 is 21.3 Å². The number of hydrazine groups is 1. The van der Waals surface area contributed by atoms with E-state index in [1.807, 2.05) is 0 Å². The molecule has 0 aliphatic rings. The van der Waals surface area contributed by atoms with E-state index in [0.717, 1.165) is 0 Å². The average molecular weight is 288 g/mol. The summed E-state index contributed by atoms with van der Waals surface area (Å²) in [4.78, 5) is 8.51. The third-order valence-corrected chi connectivity index (χ3v) is 2.94. The molecule has 7 nitrogen and oxygen atoms in total. The van der Waals surface area contributed by atoms with Crippen molar-refractivity contribution in [2.75, 3.05) is 17.9 Å². The predicted octanol–water partition coefficient (Wildman–Crippen LogP) is 1.91. The van der Waals surface area contributed by atoms with Crippen molar-refractivity contribution < 1.29 is 9.13 Å². The smallest absolute Gasteiger partial charge is 0.180 e. The lowest BCUT2D eigenvalue weighted by molar-refractivity contribution is 0.387. The van der Waals surface area contributed by atoms with E-state index in [0.29, 0.717) is 23.0 Å². The number of ether oxygens (including phenoxy) is 1. The highest BCUT2D eigenvalue weighted by Gasteiger charge is 2.09. The van der Waals surface area contributed by atoms with E-state index in [2.05, 4.69) is 20.7 Å². The first kappa shape index (κ1) is 13.1. The number of aromatic nitrogens is 3. The van der Waals surface area contributed by atoms with E-state index in [1.165, 1.54) is 13.2 Å². The molecule has 108 valence electrons. The van der Waals surface area contributed by atoms with Gasteiger partial charge in [0, 0.05) is 24.1 Å². The summed E-state index contributed by atoms with van der Waals surface area (Å²) in [6, 6.07) is 4.44. The van der Waals surface area contributed by atoms with E-state index < -0.39 is 5.82 Å². The molecule has 0 aliphatic heterocycles. The molecule has 2 heterocycles. The molecule has 3 rings (SSSR count). The third-order valence-electron chi connectivity index (χ3n) is 2.94. The number of anilines is 3. The number of nitrogen functional groups attached to an aromatic ring is 1. The Bertz CT molecular complexity index is 787. The molecule has 0 fully saturated rings. The van der Waals surface area contributed by atoms with Crippen LogP contribution in [0.3, 0.4) is 0 Å². The number of fused-ring (bicyclic) bond motifs is 1. The molecular weight excluding hydrogens is 275 g/mol. The second-order valence-electron chi connectivity index (χ2n) is 4.25. The van der Waals surface area contributed by atoms with Crippen LogP contribution in [0.5, 0.6) is 5.75 Å². The number of imidazole rings is 1. The Morgan fingerprint density at radius 2 is 2.24 bits per heavy atom. The highest BCUT2D eigenvalue weighted by atomic mass is 19.1. The minimum atomic E-state index is -0.431. The molecular formula is C13H13FN6O. The van der Waals surface area contributed by atoms with E-state index in [9.17, 15) is 4.39 Å². The summed E-state index contributed by atoms with van der Waals surface area (Å²) in [6.07, 6.45) is 5.13. The second kappa shape index (κ2) is 5.25. The molecule has 1 aromatic carbocycles. The lowest BCUT2D eigenvalue weighted by Crippen LogP contribution is -2.11. The fourth-order valence-corrected chi connectivity index (χ4v) is 1.96. The second-order valence-corrected chi connectivity index (χ2v) is 4.25. The Balaban J connectivity index is 2.03. The molecule has 4 N–H and O–H groups in total. The molecule has 0 saturated carbocycles. The Kier molecular flexibility index (Phi) is 3.28. The zero-order valence-electron chi connectivity index (χ0n) is 11.2. The third kappa shape index (κ3) is 2.43. The number of halogens is 1. The van der Waals surface area contributed by atoms with Gasteiger partial charge in [-0.25, -0.2) is 20.2 Å². The molecule has 0 saturated heterocycles. The van der Waals surface area contributed by atoms with Gasteiger partial charge < -0.3 is 19.9 Å². The van der Waals surface area contributed by atoms with Crippen LogP contribution >= 0.6 is 0 Å². The van der Waals surface area contributed by atoms with Crippen molar-refractivity contribution in [2.24, 2.45) is 5.84 Å². The minimum absolute atomic E-state index is 0.146. The fourth-order valence-electron chi connectivity index (χ4n) is 1.96. The number of hydrogen-bond acceptors (Lipinski definition) is 6.